The van der Waals surface area contributed by atoms with Crippen LogP contribution in [0.25, 0.3) is 0 Å². The molecule has 0 fully saturated rings. The second kappa shape index (κ2) is 8.42. The van der Waals surface area contributed by atoms with Gasteiger partial charge in [-0.3, -0.25) is 9.59 Å². The van der Waals surface area contributed by atoms with Crippen LogP contribution in [0.4, 0.5) is 11.5 Å². The molecule has 0 aliphatic carbocycles. The molecule has 6 nitrogen and oxygen atoms in total. The molecule has 1 amide bonds. The number of benzene rings is 2. The molecule has 1 heterocycles. The third-order valence-corrected chi connectivity index (χ3v) is 4.07. The van der Waals surface area contributed by atoms with Crippen molar-refractivity contribution in [3.8, 4) is 0 Å². The number of halogens is 1. The molecule has 0 radical (unpaired) electrons. The van der Waals surface area contributed by atoms with Crippen LogP contribution < -0.4 is 10.6 Å². The third kappa shape index (κ3) is 5.12. The second-order valence-electron chi connectivity index (χ2n) is 5.85. The smallest absolute Gasteiger partial charge is 0.275 e. The Hall–Kier alpha value is -3.25. The highest BCUT2D eigenvalue weighted by molar-refractivity contribution is 6.30. The van der Waals surface area contributed by atoms with Gasteiger partial charge < -0.3 is 10.6 Å². The summed E-state index contributed by atoms with van der Waals surface area (Å²) in [6.07, 6.45) is 2.91. The van der Waals surface area contributed by atoms with Crippen molar-refractivity contribution < 1.29 is 9.59 Å². The van der Waals surface area contributed by atoms with Gasteiger partial charge in [-0.15, -0.1) is 0 Å². The van der Waals surface area contributed by atoms with E-state index in [2.05, 4.69) is 20.6 Å². The zero-order valence-electron chi connectivity index (χ0n) is 14.6. The van der Waals surface area contributed by atoms with Crippen molar-refractivity contribution in [1.82, 2.24) is 9.97 Å². The molecule has 7 heteroatoms. The first-order chi connectivity index (χ1) is 13.0. The Morgan fingerprint density at radius 3 is 2.26 bits per heavy atom. The van der Waals surface area contributed by atoms with Gasteiger partial charge in [-0.1, -0.05) is 23.7 Å². The van der Waals surface area contributed by atoms with E-state index in [1.54, 1.807) is 24.3 Å². The lowest BCUT2D eigenvalue weighted by Crippen LogP contribution is -2.14. The molecule has 0 bridgehead atoms. The molecule has 0 saturated heterocycles. The lowest BCUT2D eigenvalue weighted by atomic mass is 10.1. The van der Waals surface area contributed by atoms with Crippen molar-refractivity contribution in [1.29, 1.82) is 0 Å². The molecule has 136 valence electrons. The highest BCUT2D eigenvalue weighted by atomic mass is 35.5. The van der Waals surface area contributed by atoms with E-state index in [4.69, 9.17) is 11.6 Å². The van der Waals surface area contributed by atoms with Gasteiger partial charge in [0.2, 0.25) is 0 Å². The van der Waals surface area contributed by atoms with E-state index in [0.717, 1.165) is 5.56 Å². The van der Waals surface area contributed by atoms with Gasteiger partial charge in [0.05, 0.1) is 12.4 Å². The van der Waals surface area contributed by atoms with E-state index >= 15 is 0 Å². The summed E-state index contributed by atoms with van der Waals surface area (Å²) in [4.78, 5) is 31.9. The van der Waals surface area contributed by atoms with Crippen LogP contribution in [0.15, 0.2) is 60.9 Å². The van der Waals surface area contributed by atoms with E-state index in [-0.39, 0.29) is 17.4 Å². The Bertz CT molecular complexity index is 939. The molecule has 0 unspecified atom stereocenters. The van der Waals surface area contributed by atoms with Gasteiger partial charge >= 0.3 is 0 Å². The van der Waals surface area contributed by atoms with Crippen molar-refractivity contribution in [2.75, 3.05) is 10.6 Å². The van der Waals surface area contributed by atoms with Gasteiger partial charge in [0, 0.05) is 22.8 Å². The zero-order chi connectivity index (χ0) is 19.2. The number of nitrogens with one attached hydrogen (secondary N) is 2. The van der Waals surface area contributed by atoms with Crippen LogP contribution in [0.5, 0.6) is 0 Å². The first kappa shape index (κ1) is 18.5. The summed E-state index contributed by atoms with van der Waals surface area (Å²) < 4.78 is 0. The van der Waals surface area contributed by atoms with Crippen molar-refractivity contribution in [3.63, 3.8) is 0 Å². The van der Waals surface area contributed by atoms with Crippen LogP contribution in [0.1, 0.15) is 33.3 Å². The van der Waals surface area contributed by atoms with E-state index in [9.17, 15) is 9.59 Å². The summed E-state index contributed by atoms with van der Waals surface area (Å²) in [5.41, 5.74) is 2.42. The molecule has 0 saturated carbocycles. The lowest BCUT2D eigenvalue weighted by Gasteiger charge is -2.07. The van der Waals surface area contributed by atoms with Gasteiger partial charge in [0.1, 0.15) is 11.5 Å². The normalized spacial score (nSPS) is 10.3. The largest absolute Gasteiger partial charge is 0.365 e. The summed E-state index contributed by atoms with van der Waals surface area (Å²) >= 11 is 5.86. The molecule has 2 aromatic carbocycles. The highest BCUT2D eigenvalue weighted by Gasteiger charge is 2.09. The molecule has 0 atom stereocenters. The fraction of sp³-hybridized carbons (Fsp3) is 0.100. The molecule has 27 heavy (non-hydrogen) atoms. The zero-order valence-corrected chi connectivity index (χ0v) is 15.3. The number of carbonyl (C=O) groups excluding carboxylic acids is 2. The fourth-order valence-corrected chi connectivity index (χ4v) is 2.44. The number of ketones is 1. The first-order valence-electron chi connectivity index (χ1n) is 8.24. The average molecular weight is 381 g/mol. The predicted octanol–water partition coefficient (Wildman–Crippen LogP) is 4.20. The Morgan fingerprint density at radius 2 is 1.67 bits per heavy atom. The summed E-state index contributed by atoms with van der Waals surface area (Å²) in [5, 5.41) is 6.54. The van der Waals surface area contributed by atoms with Crippen LogP contribution in [-0.2, 0) is 6.54 Å². The van der Waals surface area contributed by atoms with Crippen LogP contribution in [0.2, 0.25) is 5.02 Å². The first-order valence-corrected chi connectivity index (χ1v) is 8.62. The number of carbonyl (C=O) groups is 2. The number of hydrogen-bond acceptors (Lipinski definition) is 5. The van der Waals surface area contributed by atoms with Gasteiger partial charge in [-0.25, -0.2) is 9.97 Å². The summed E-state index contributed by atoms with van der Waals surface area (Å²) in [7, 11) is 0. The maximum Gasteiger partial charge on any atom is 0.275 e. The van der Waals surface area contributed by atoms with Crippen molar-refractivity contribution in [3.05, 3.63) is 82.8 Å². The number of rotatable bonds is 6. The quantitative estimate of drug-likeness (QED) is 0.626. The van der Waals surface area contributed by atoms with Crippen LogP contribution in [-0.4, -0.2) is 21.7 Å². The molecule has 1 aromatic heterocycles. The molecule has 0 spiro atoms. The Morgan fingerprint density at radius 1 is 0.963 bits per heavy atom. The van der Waals surface area contributed by atoms with Crippen molar-refractivity contribution in [2.45, 2.75) is 13.5 Å². The SMILES string of the molecule is CC(=O)c1ccc(NC(=O)c2cnc(NCc3ccc(Cl)cc3)cn2)cc1. The number of Topliss-reactive ketones (excluding diaryl/α,β-unsaturated/α-hetero) is 1. The Labute approximate surface area is 161 Å². The fourth-order valence-electron chi connectivity index (χ4n) is 2.31. The molecule has 3 aromatic rings. The van der Waals surface area contributed by atoms with E-state index in [0.29, 0.717) is 28.6 Å². The molecule has 2 N–H and O–H groups in total. The van der Waals surface area contributed by atoms with Crippen LogP contribution in [0.3, 0.4) is 0 Å². The average Bonchev–Trinajstić information content (AvgIpc) is 2.68. The molecule has 0 aliphatic heterocycles. The summed E-state index contributed by atoms with van der Waals surface area (Å²) in [5.74, 6) is 0.162. The van der Waals surface area contributed by atoms with Crippen LogP contribution >= 0.6 is 11.6 Å². The van der Waals surface area contributed by atoms with Gasteiger partial charge in [0.15, 0.2) is 5.78 Å². The van der Waals surface area contributed by atoms with E-state index in [1.807, 2.05) is 24.3 Å². The highest BCUT2D eigenvalue weighted by Crippen LogP contribution is 2.13. The van der Waals surface area contributed by atoms with Crippen molar-refractivity contribution >= 4 is 34.8 Å². The number of hydrogen-bond donors (Lipinski definition) is 2. The van der Waals surface area contributed by atoms with Crippen LogP contribution in [0, 0.1) is 0 Å². The number of aromatic nitrogens is 2. The summed E-state index contributed by atoms with van der Waals surface area (Å²) in [6, 6.07) is 14.1. The molecule has 3 rings (SSSR count). The van der Waals surface area contributed by atoms with Gasteiger partial charge in [-0.05, 0) is 48.9 Å². The monoisotopic (exact) mass is 380 g/mol. The standard InChI is InChI=1S/C20H17ClN4O2/c1-13(26)15-4-8-17(9-5-15)25-20(27)18-11-24-19(12-22-18)23-10-14-2-6-16(21)7-3-14/h2-9,11-12H,10H2,1H3,(H,23,24)(H,25,27). The Balaban J connectivity index is 1.58. The lowest BCUT2D eigenvalue weighted by molar-refractivity contribution is 0.101. The number of amides is 1. The number of nitrogens with zero attached hydrogens (tertiary/aromatic N) is 2. The van der Waals surface area contributed by atoms with E-state index in [1.165, 1.54) is 19.3 Å². The topological polar surface area (TPSA) is 84.0 Å². The summed E-state index contributed by atoms with van der Waals surface area (Å²) in [6.45, 7) is 2.06. The van der Waals surface area contributed by atoms with Gasteiger partial charge in [0.25, 0.3) is 5.91 Å². The van der Waals surface area contributed by atoms with E-state index < -0.39 is 0 Å². The maximum atomic E-state index is 12.2. The third-order valence-electron chi connectivity index (χ3n) is 3.82. The Kier molecular flexibility index (Phi) is 5.78. The van der Waals surface area contributed by atoms with Crippen molar-refractivity contribution in [2.24, 2.45) is 0 Å². The van der Waals surface area contributed by atoms with Gasteiger partial charge in [-0.2, -0.15) is 0 Å². The minimum Gasteiger partial charge on any atom is -0.365 e. The second-order valence-corrected chi connectivity index (χ2v) is 6.29. The molecular formula is C20H17ClN4O2. The predicted molar refractivity (Wildman–Crippen MR) is 105 cm³/mol. The molecule has 0 aliphatic rings. The molecular weight excluding hydrogens is 364 g/mol. The number of anilines is 2. The maximum absolute atomic E-state index is 12.2. The minimum atomic E-state index is -0.373. The minimum absolute atomic E-state index is 0.0274.